The van der Waals surface area contributed by atoms with Gasteiger partial charge in [-0.2, -0.15) is 0 Å². The second-order valence-corrected chi connectivity index (χ2v) is 17.6. The molecule has 3 aliphatic heterocycles. The fourth-order valence-electron chi connectivity index (χ4n) is 8.72. The van der Waals surface area contributed by atoms with Gasteiger partial charge >= 0.3 is 0 Å². The zero-order valence-electron chi connectivity index (χ0n) is 29.5. The lowest BCUT2D eigenvalue weighted by molar-refractivity contribution is 0.0322. The molecule has 0 unspecified atom stereocenters. The average molecular weight is 726 g/mol. The molecule has 5 atom stereocenters. The smallest absolute Gasteiger partial charge is 0.264 e. The summed E-state index contributed by atoms with van der Waals surface area (Å²) in [6, 6.07) is 9.64. The number of aryl methyl sites for hydroxylation is 1. The Labute approximate surface area is 302 Å². The molecule has 3 heterocycles. The van der Waals surface area contributed by atoms with E-state index in [1.54, 1.807) is 6.07 Å². The maximum atomic E-state index is 13.6. The second-order valence-electron chi connectivity index (χ2n) is 15.2. The molecule has 9 nitrogen and oxygen atoms in total. The molecule has 1 saturated carbocycles. The van der Waals surface area contributed by atoms with E-state index in [9.17, 15) is 13.2 Å². The summed E-state index contributed by atoms with van der Waals surface area (Å²) in [6.07, 6.45) is 11.6. The molecule has 5 aliphatic rings. The van der Waals surface area contributed by atoms with E-state index >= 15 is 0 Å². The maximum absolute atomic E-state index is 13.6. The summed E-state index contributed by atoms with van der Waals surface area (Å²) < 4.78 is 47.8. The number of hydrogen-bond donors (Lipinski definition) is 1. The van der Waals surface area contributed by atoms with Gasteiger partial charge in [0, 0.05) is 43.7 Å². The molecule has 272 valence electrons. The predicted octanol–water partition coefficient (Wildman–Crippen LogP) is 6.37. The minimum Gasteiger partial charge on any atom is -0.491 e. The van der Waals surface area contributed by atoms with Gasteiger partial charge in [0.25, 0.3) is 5.91 Å². The van der Waals surface area contributed by atoms with Crippen LogP contribution in [0.15, 0.2) is 42.5 Å². The van der Waals surface area contributed by atoms with E-state index in [4.69, 9.17) is 25.8 Å². The molecular weight excluding hydrogens is 674 g/mol. The standard InChI is InChI=1S/C39H52ClN3O6S/c1-3-32-20-27(2)6-4-7-28-9-10-31(28)24-43-25-39(26-49-36-12-11-30(22-35(36)43)38(44)41-50(32,45)46)13-5-8-29-21-34(40)37(23-33(29)39)48-19-16-42-14-17-47-18-15-42/h4,6,11-12,21-23,27-28,31-32H,3,5,7-10,13-20,24-26H2,1-2H3,(H,41,44)/b6-4+/t27-,28-,31-,32+,39-/m0/s1. The minimum atomic E-state index is -3.87. The molecule has 2 fully saturated rings. The molecular formula is C39H52ClN3O6S. The summed E-state index contributed by atoms with van der Waals surface area (Å²) in [4.78, 5) is 18.4. The van der Waals surface area contributed by atoms with Crippen LogP contribution in [-0.4, -0.2) is 83.6 Å². The Morgan fingerprint density at radius 3 is 2.72 bits per heavy atom. The number of rotatable bonds is 5. The third-order valence-electron chi connectivity index (χ3n) is 11.9. The van der Waals surface area contributed by atoms with E-state index in [2.05, 4.69) is 45.7 Å². The first-order chi connectivity index (χ1) is 24.1. The Morgan fingerprint density at radius 2 is 1.94 bits per heavy atom. The van der Waals surface area contributed by atoms with Crippen molar-refractivity contribution in [3.8, 4) is 11.5 Å². The number of halogens is 1. The Hall–Kier alpha value is -2.79. The topological polar surface area (TPSA) is 97.4 Å². The normalized spacial score (nSPS) is 30.5. The average Bonchev–Trinajstić information content (AvgIpc) is 3.24. The molecule has 2 aliphatic carbocycles. The van der Waals surface area contributed by atoms with Gasteiger partial charge in [-0.15, -0.1) is 0 Å². The van der Waals surface area contributed by atoms with Gasteiger partial charge in [-0.3, -0.25) is 9.69 Å². The molecule has 1 N–H and O–H groups in total. The van der Waals surface area contributed by atoms with Crippen molar-refractivity contribution in [2.24, 2.45) is 17.8 Å². The van der Waals surface area contributed by atoms with Gasteiger partial charge < -0.3 is 19.1 Å². The number of fused-ring (bicyclic) bond motifs is 4. The lowest BCUT2D eigenvalue weighted by atomic mass is 9.69. The Balaban J connectivity index is 1.21. The van der Waals surface area contributed by atoms with Gasteiger partial charge in [-0.1, -0.05) is 37.6 Å². The number of carbonyl (C=O) groups is 1. The molecule has 2 bridgehead atoms. The van der Waals surface area contributed by atoms with Crippen LogP contribution in [0.4, 0.5) is 5.69 Å². The van der Waals surface area contributed by atoms with E-state index in [0.29, 0.717) is 54.2 Å². The zero-order valence-corrected chi connectivity index (χ0v) is 31.1. The summed E-state index contributed by atoms with van der Waals surface area (Å²) in [6.45, 7) is 10.7. The lowest BCUT2D eigenvalue weighted by Gasteiger charge is -2.44. The number of ether oxygens (including phenoxy) is 3. The molecule has 50 heavy (non-hydrogen) atoms. The fraction of sp³-hybridized carbons (Fsp3) is 0.615. The van der Waals surface area contributed by atoms with Crippen molar-refractivity contribution in [2.75, 3.05) is 64.1 Å². The lowest BCUT2D eigenvalue weighted by Crippen LogP contribution is -2.48. The first kappa shape index (κ1) is 35.6. The number of amides is 1. The van der Waals surface area contributed by atoms with Crippen molar-refractivity contribution in [3.63, 3.8) is 0 Å². The van der Waals surface area contributed by atoms with Crippen LogP contribution in [0.25, 0.3) is 0 Å². The number of allylic oxidation sites excluding steroid dienone is 2. The summed E-state index contributed by atoms with van der Waals surface area (Å²) >= 11 is 6.85. The first-order valence-electron chi connectivity index (χ1n) is 18.6. The van der Waals surface area contributed by atoms with Crippen LogP contribution >= 0.6 is 11.6 Å². The van der Waals surface area contributed by atoms with E-state index in [-0.39, 0.29) is 11.3 Å². The first-order valence-corrected chi connectivity index (χ1v) is 20.6. The predicted molar refractivity (Wildman–Crippen MR) is 197 cm³/mol. The Bertz CT molecular complexity index is 1690. The largest absolute Gasteiger partial charge is 0.491 e. The van der Waals surface area contributed by atoms with Crippen molar-refractivity contribution in [3.05, 3.63) is 64.2 Å². The second kappa shape index (κ2) is 15.1. The van der Waals surface area contributed by atoms with Gasteiger partial charge in [0.2, 0.25) is 10.0 Å². The third-order valence-corrected chi connectivity index (χ3v) is 14.0. The van der Waals surface area contributed by atoms with Crippen LogP contribution in [0.5, 0.6) is 11.5 Å². The van der Waals surface area contributed by atoms with E-state index < -0.39 is 21.2 Å². The third kappa shape index (κ3) is 7.55. The van der Waals surface area contributed by atoms with Crippen molar-refractivity contribution in [2.45, 2.75) is 75.9 Å². The van der Waals surface area contributed by atoms with Gasteiger partial charge in [0.05, 0.1) is 35.8 Å². The highest BCUT2D eigenvalue weighted by atomic mass is 35.5. The minimum absolute atomic E-state index is 0.0969. The maximum Gasteiger partial charge on any atom is 0.264 e. The molecule has 0 aromatic heterocycles. The number of hydrogen-bond acceptors (Lipinski definition) is 8. The summed E-state index contributed by atoms with van der Waals surface area (Å²) in [5.74, 6) is 2.01. The number of nitrogens with zero attached hydrogens (tertiary/aromatic N) is 2. The molecule has 1 saturated heterocycles. The number of morpholine rings is 1. The number of anilines is 1. The van der Waals surface area contributed by atoms with Crippen molar-refractivity contribution in [1.82, 2.24) is 9.62 Å². The van der Waals surface area contributed by atoms with Crippen LogP contribution in [0.3, 0.4) is 0 Å². The Kier molecular flexibility index (Phi) is 10.7. The molecule has 0 radical (unpaired) electrons. The Morgan fingerprint density at radius 1 is 1.12 bits per heavy atom. The van der Waals surface area contributed by atoms with Crippen LogP contribution in [0, 0.1) is 17.8 Å². The van der Waals surface area contributed by atoms with E-state index in [0.717, 1.165) is 89.5 Å². The van der Waals surface area contributed by atoms with Gasteiger partial charge in [-0.25, -0.2) is 13.1 Å². The quantitative estimate of drug-likeness (QED) is 0.355. The number of benzene rings is 2. The monoisotopic (exact) mass is 725 g/mol. The van der Waals surface area contributed by atoms with Crippen LogP contribution in [0.2, 0.25) is 5.02 Å². The molecule has 1 amide bonds. The van der Waals surface area contributed by atoms with Crippen molar-refractivity contribution < 1.29 is 27.4 Å². The number of sulfonamides is 1. The summed E-state index contributed by atoms with van der Waals surface area (Å²) in [5, 5.41) is -0.00898. The molecule has 7 rings (SSSR count). The molecule has 2 aromatic carbocycles. The molecule has 11 heteroatoms. The molecule has 2 aromatic rings. The van der Waals surface area contributed by atoms with Gasteiger partial charge in [0.15, 0.2) is 0 Å². The van der Waals surface area contributed by atoms with Crippen molar-refractivity contribution in [1.29, 1.82) is 0 Å². The SMILES string of the molecule is CC[C@@H]1C[C@@H](C)/C=C/C[C@H]2CC[C@H]2CN2C[C@@]3(CCCc4cc(Cl)c(OCCN5CCOCC5)cc43)COc3ccc(cc32)C(=O)NS1(=O)=O. The number of carbonyl (C=O) groups excluding carboxylic acids is 1. The molecule has 1 spiro atoms. The summed E-state index contributed by atoms with van der Waals surface area (Å²) in [7, 11) is -3.87. The zero-order chi connectivity index (χ0) is 34.9. The van der Waals surface area contributed by atoms with Crippen LogP contribution < -0.4 is 19.1 Å². The summed E-state index contributed by atoms with van der Waals surface area (Å²) in [5.41, 5.74) is 3.33. The highest BCUT2D eigenvalue weighted by Crippen LogP contribution is 2.48. The number of nitrogens with one attached hydrogen (secondary N) is 1. The highest BCUT2D eigenvalue weighted by Gasteiger charge is 2.44. The van der Waals surface area contributed by atoms with Crippen LogP contribution in [0.1, 0.15) is 80.3 Å². The van der Waals surface area contributed by atoms with E-state index in [1.165, 1.54) is 17.5 Å². The van der Waals surface area contributed by atoms with E-state index in [1.807, 2.05) is 19.1 Å². The van der Waals surface area contributed by atoms with Gasteiger partial charge in [-0.05, 0) is 111 Å². The van der Waals surface area contributed by atoms with Crippen LogP contribution in [-0.2, 0) is 26.6 Å². The fourth-order valence-corrected chi connectivity index (χ4v) is 10.5. The van der Waals surface area contributed by atoms with Gasteiger partial charge in [0.1, 0.15) is 18.1 Å². The van der Waals surface area contributed by atoms with Crippen molar-refractivity contribution >= 4 is 33.2 Å². The highest BCUT2D eigenvalue weighted by molar-refractivity contribution is 7.90.